The van der Waals surface area contributed by atoms with Crippen LogP contribution in [0, 0.1) is 0 Å². The molecule has 0 N–H and O–H groups in total. The minimum absolute atomic E-state index is 0.133. The van der Waals surface area contributed by atoms with E-state index in [0.29, 0.717) is 50.6 Å². The van der Waals surface area contributed by atoms with Crippen LogP contribution in [-0.2, 0) is 4.57 Å². The van der Waals surface area contributed by atoms with Crippen LogP contribution in [-0.4, -0.2) is 13.2 Å². The van der Waals surface area contributed by atoms with Gasteiger partial charge in [0.25, 0.3) is 14.9 Å². The molecule has 0 saturated carbocycles. The molecule has 0 amide bonds. The normalized spacial score (nSPS) is 12.5. The van der Waals surface area contributed by atoms with Crippen molar-refractivity contribution in [2.45, 2.75) is 26.7 Å². The first-order valence-electron chi connectivity index (χ1n) is 13.0. The van der Waals surface area contributed by atoms with Crippen molar-refractivity contribution < 1.29 is 14.0 Å². The van der Waals surface area contributed by atoms with Gasteiger partial charge in [-0.3, -0.25) is 4.79 Å². The van der Waals surface area contributed by atoms with E-state index in [4.69, 9.17) is 32.7 Å². The van der Waals surface area contributed by atoms with Crippen molar-refractivity contribution in [1.29, 1.82) is 0 Å². The van der Waals surface area contributed by atoms with Crippen LogP contribution in [0.1, 0.15) is 26.7 Å². The van der Waals surface area contributed by atoms with Crippen LogP contribution in [0.3, 0.4) is 0 Å². The van der Waals surface area contributed by atoms with E-state index in [2.05, 4.69) is 0 Å². The van der Waals surface area contributed by atoms with Crippen LogP contribution >= 0.6 is 52.4 Å². The van der Waals surface area contributed by atoms with Gasteiger partial charge in [0.1, 0.15) is 10.8 Å². The molecule has 202 valence electrons. The largest absolute Gasteiger partial charge is 0.492 e. The van der Waals surface area contributed by atoms with Crippen LogP contribution in [0.5, 0.6) is 11.5 Å². The standard InChI is InChI=1S/C31H25Cl2O4PS2/c1-3-15-36-22-12-10-20(32)27-28(34)19-17-18(9-14-25(19)39-30(22)27)40-26-8-6-5-7-24(26)38(35)29-21(33)11-13-23(31(29)40)37-16-4-2/h5-14,17H,3-4,15-16H2,1-2H3/q+2. The van der Waals surface area contributed by atoms with Crippen molar-refractivity contribution in [3.8, 4) is 16.4 Å². The van der Waals surface area contributed by atoms with Gasteiger partial charge in [-0.2, -0.15) is 0 Å². The third kappa shape index (κ3) is 4.56. The summed E-state index contributed by atoms with van der Waals surface area (Å²) in [6.45, 7) is 5.18. The SMILES string of the molecule is CCCOc1ccc(Cl)c2c(=O)c3cc(-[s+]4c5ccccc5[p+](=O)c5c(Cl)ccc(OCCC)c54)ccc3sc12. The fourth-order valence-electron chi connectivity index (χ4n) is 4.84. The molecule has 2 heterocycles. The van der Waals surface area contributed by atoms with E-state index in [0.717, 1.165) is 41.7 Å². The van der Waals surface area contributed by atoms with Crippen LogP contribution < -0.4 is 14.9 Å². The molecule has 2 aromatic heterocycles. The molecule has 0 fully saturated rings. The Morgan fingerprint density at radius 3 is 2.35 bits per heavy atom. The first-order valence-corrected chi connectivity index (χ1v) is 17.1. The molecule has 4 nitrogen and oxygen atoms in total. The van der Waals surface area contributed by atoms with Crippen LogP contribution in [0.15, 0.2) is 71.5 Å². The number of halogens is 2. The smallest absolute Gasteiger partial charge is 0.428 e. The third-order valence-corrected chi connectivity index (χ3v) is 12.9. The summed E-state index contributed by atoms with van der Waals surface area (Å²) < 4.78 is 29.3. The van der Waals surface area contributed by atoms with Crippen molar-refractivity contribution in [2.24, 2.45) is 0 Å². The zero-order valence-corrected chi connectivity index (χ0v) is 25.9. The van der Waals surface area contributed by atoms with Crippen LogP contribution in [0.4, 0.5) is 0 Å². The predicted molar refractivity (Wildman–Crippen MR) is 174 cm³/mol. The first kappa shape index (κ1) is 27.4. The molecular formula is C31H25Cl2O4PS2+2. The molecular weight excluding hydrogens is 602 g/mol. The van der Waals surface area contributed by atoms with Crippen molar-refractivity contribution in [3.63, 3.8) is 0 Å². The molecule has 9 heteroatoms. The van der Waals surface area contributed by atoms with E-state index in [9.17, 15) is 9.36 Å². The van der Waals surface area contributed by atoms with Gasteiger partial charge in [0.15, 0.2) is 16.1 Å². The maximum absolute atomic E-state index is 14.0. The van der Waals surface area contributed by atoms with Crippen molar-refractivity contribution in [1.82, 2.24) is 0 Å². The Kier molecular flexibility index (Phi) is 7.73. The van der Waals surface area contributed by atoms with E-state index >= 15 is 0 Å². The zero-order valence-electron chi connectivity index (χ0n) is 21.8. The summed E-state index contributed by atoms with van der Waals surface area (Å²) in [5.41, 5.74) is -0.133. The van der Waals surface area contributed by atoms with Gasteiger partial charge >= 0.3 is 7.41 Å². The maximum Gasteiger partial charge on any atom is 0.428 e. The van der Waals surface area contributed by atoms with Gasteiger partial charge in [-0.25, -0.2) is 0 Å². The van der Waals surface area contributed by atoms with Gasteiger partial charge in [0, 0.05) is 32.7 Å². The minimum Gasteiger partial charge on any atom is -0.492 e. The Hall–Kier alpha value is -2.73. The average Bonchev–Trinajstić information content (AvgIpc) is 2.96. The summed E-state index contributed by atoms with van der Waals surface area (Å²) in [5, 5.41) is 3.28. The number of rotatable bonds is 7. The Labute approximate surface area is 248 Å². The van der Waals surface area contributed by atoms with Gasteiger partial charge in [0.05, 0.1) is 28.3 Å². The van der Waals surface area contributed by atoms with Crippen molar-refractivity contribution in [3.05, 3.63) is 87.0 Å². The summed E-state index contributed by atoms with van der Waals surface area (Å²) >= 11 is 14.8. The third-order valence-electron chi connectivity index (χ3n) is 6.62. The lowest BCUT2D eigenvalue weighted by molar-refractivity contribution is 0.321. The Balaban J connectivity index is 1.72. The molecule has 0 radical (unpaired) electrons. The summed E-state index contributed by atoms with van der Waals surface area (Å²) in [6, 6.07) is 20.9. The molecule has 0 bridgehead atoms. The van der Waals surface area contributed by atoms with E-state index < -0.39 is 17.9 Å². The number of fused-ring (bicyclic) bond motifs is 4. The monoisotopic (exact) mass is 626 g/mol. The molecule has 0 aliphatic rings. The van der Waals surface area contributed by atoms with E-state index in [1.807, 2.05) is 68.4 Å². The second-order valence-corrected chi connectivity index (χ2v) is 14.6. The highest BCUT2D eigenvalue weighted by atomic mass is 35.5. The highest BCUT2D eigenvalue weighted by molar-refractivity contribution is 7.59. The van der Waals surface area contributed by atoms with Gasteiger partial charge in [-0.15, -0.1) is 11.3 Å². The van der Waals surface area contributed by atoms with Gasteiger partial charge in [-0.05, 0) is 55.3 Å². The highest BCUT2D eigenvalue weighted by Crippen LogP contribution is 2.55. The Morgan fingerprint density at radius 2 is 1.57 bits per heavy atom. The Morgan fingerprint density at radius 1 is 0.875 bits per heavy atom. The van der Waals surface area contributed by atoms with Crippen LogP contribution in [0.2, 0.25) is 10.0 Å². The van der Waals surface area contributed by atoms with E-state index in [1.54, 1.807) is 12.1 Å². The minimum atomic E-state index is -1.92. The van der Waals surface area contributed by atoms with Gasteiger partial charge in [-0.1, -0.05) is 53.7 Å². The highest BCUT2D eigenvalue weighted by Gasteiger charge is 2.35. The predicted octanol–water partition coefficient (Wildman–Crippen LogP) is 11.1. The summed E-state index contributed by atoms with van der Waals surface area (Å²) in [4.78, 5) is 14.9. The van der Waals surface area contributed by atoms with Gasteiger partial charge in [0.2, 0.25) is 4.70 Å². The number of ether oxygens (including phenoxy) is 2. The summed E-state index contributed by atoms with van der Waals surface area (Å²) in [7, 11) is -2.62. The maximum atomic E-state index is 14.0. The van der Waals surface area contributed by atoms with Crippen molar-refractivity contribution >= 4 is 92.2 Å². The fraction of sp³-hybridized carbons (Fsp3) is 0.194. The topological polar surface area (TPSA) is 52.6 Å². The number of benzene rings is 4. The van der Waals surface area contributed by atoms with Gasteiger partial charge < -0.3 is 9.47 Å². The second-order valence-electron chi connectivity index (χ2n) is 9.33. The molecule has 40 heavy (non-hydrogen) atoms. The molecule has 2 unspecified atom stereocenters. The van der Waals surface area contributed by atoms with Crippen molar-refractivity contribution in [2.75, 3.05) is 13.2 Å². The molecule has 6 aromatic rings. The quantitative estimate of drug-likeness (QED) is 0.131. The lowest BCUT2D eigenvalue weighted by Crippen LogP contribution is -2.04. The Bertz CT molecular complexity index is 2070. The fourth-order valence-corrected chi connectivity index (χ4v) is 11.3. The van der Waals surface area contributed by atoms with Crippen LogP contribution in [0.25, 0.3) is 44.7 Å². The van der Waals surface area contributed by atoms with E-state index in [1.165, 1.54) is 11.3 Å². The summed E-state index contributed by atoms with van der Waals surface area (Å²) in [5.74, 6) is 1.34. The van der Waals surface area contributed by atoms with E-state index in [-0.39, 0.29) is 5.43 Å². The zero-order chi connectivity index (χ0) is 28.0. The molecule has 0 saturated heterocycles. The molecule has 6 rings (SSSR count). The lowest BCUT2D eigenvalue weighted by Gasteiger charge is -2.10. The lowest BCUT2D eigenvalue weighted by atomic mass is 10.2. The number of hydrogen-bond acceptors (Lipinski definition) is 5. The molecule has 0 aliphatic carbocycles. The molecule has 2 atom stereocenters. The first-order chi connectivity index (χ1) is 19.4. The second kappa shape index (κ2) is 11.3. The molecule has 4 aromatic carbocycles. The average molecular weight is 628 g/mol. The number of hydrogen-bond donors (Lipinski definition) is 0. The summed E-state index contributed by atoms with van der Waals surface area (Å²) in [6.07, 6.45) is 1.70. The molecule has 0 aliphatic heterocycles. The molecule has 0 spiro atoms.